The van der Waals surface area contributed by atoms with Crippen molar-refractivity contribution in [2.24, 2.45) is 0 Å². The number of aromatic nitrogens is 4. The second-order valence-corrected chi connectivity index (χ2v) is 7.30. The quantitative estimate of drug-likeness (QED) is 0.323. The number of carbonyl (C=O) groups is 1. The van der Waals surface area contributed by atoms with Crippen LogP contribution >= 0.6 is 0 Å². The molecule has 0 bridgehead atoms. The van der Waals surface area contributed by atoms with Gasteiger partial charge in [-0.1, -0.05) is 6.07 Å². The molecule has 0 radical (unpaired) electrons. The van der Waals surface area contributed by atoms with E-state index in [1.807, 2.05) is 0 Å². The number of nitrogens with one attached hydrogen (secondary N) is 1. The Morgan fingerprint density at radius 3 is 2.69 bits per heavy atom. The van der Waals surface area contributed by atoms with Gasteiger partial charge < -0.3 is 29.0 Å². The molecule has 2 aromatic heterocycles. The van der Waals surface area contributed by atoms with Crippen molar-refractivity contribution in [3.05, 3.63) is 55.1 Å². The van der Waals surface area contributed by atoms with Gasteiger partial charge in [0.25, 0.3) is 0 Å². The zero-order chi connectivity index (χ0) is 24.6. The van der Waals surface area contributed by atoms with Crippen molar-refractivity contribution in [2.45, 2.75) is 6.54 Å². The molecule has 0 saturated carbocycles. The molecule has 0 unspecified atom stereocenters. The number of fused-ring (bicyclic) bond motifs is 1. The summed E-state index contributed by atoms with van der Waals surface area (Å²) in [7, 11) is 4.73. The average Bonchev–Trinajstić information content (AvgIpc) is 3.30. The first-order chi connectivity index (χ1) is 17.1. The largest absolute Gasteiger partial charge is 0.497 e. The Morgan fingerprint density at radius 2 is 1.89 bits per heavy atom. The molecule has 0 atom stereocenters. The van der Waals surface area contributed by atoms with Gasteiger partial charge >= 0.3 is 0 Å². The molecule has 0 spiro atoms. The molecule has 2 heterocycles. The standard InChI is InChI=1S/C24H25N5O6/c1-31-7-8-34-22-10-19-20(11-21(22)33-3)25-15-26-24(19)35-18-12-27-29(13-18)14-23(30)28-16-5-4-6-17(9-16)32-2/h4-6,9-13,15H,7-8,14H2,1-3H3,(H,28,30). The highest BCUT2D eigenvalue weighted by Crippen LogP contribution is 2.36. The molecule has 0 fully saturated rings. The van der Waals surface area contributed by atoms with Gasteiger partial charge in [0, 0.05) is 24.9 Å². The van der Waals surface area contributed by atoms with Crippen molar-refractivity contribution in [3.63, 3.8) is 0 Å². The van der Waals surface area contributed by atoms with Gasteiger partial charge in [-0.3, -0.25) is 9.48 Å². The summed E-state index contributed by atoms with van der Waals surface area (Å²) in [5, 5.41) is 7.65. The molecule has 11 nitrogen and oxygen atoms in total. The summed E-state index contributed by atoms with van der Waals surface area (Å²) in [5.41, 5.74) is 1.25. The highest BCUT2D eigenvalue weighted by atomic mass is 16.5. The third-order valence-corrected chi connectivity index (χ3v) is 4.91. The maximum Gasteiger partial charge on any atom is 0.246 e. The van der Waals surface area contributed by atoms with Crippen LogP contribution in [0.3, 0.4) is 0 Å². The molecular formula is C24H25N5O6. The van der Waals surface area contributed by atoms with E-state index >= 15 is 0 Å². The summed E-state index contributed by atoms with van der Waals surface area (Å²) in [6.45, 7) is 0.785. The summed E-state index contributed by atoms with van der Waals surface area (Å²) in [5.74, 6) is 2.19. The van der Waals surface area contributed by atoms with E-state index in [1.165, 1.54) is 17.2 Å². The van der Waals surface area contributed by atoms with Crippen molar-refractivity contribution in [2.75, 3.05) is 39.9 Å². The first kappa shape index (κ1) is 23.8. The van der Waals surface area contributed by atoms with Gasteiger partial charge in [-0.2, -0.15) is 5.10 Å². The van der Waals surface area contributed by atoms with Crippen LogP contribution in [0.2, 0.25) is 0 Å². The van der Waals surface area contributed by atoms with E-state index in [0.29, 0.717) is 58.7 Å². The van der Waals surface area contributed by atoms with Crippen LogP contribution in [0, 0.1) is 0 Å². The molecule has 0 saturated heterocycles. The average molecular weight is 479 g/mol. The molecule has 1 amide bonds. The van der Waals surface area contributed by atoms with Crippen LogP contribution < -0.4 is 24.3 Å². The van der Waals surface area contributed by atoms with Crippen LogP contribution in [0.15, 0.2) is 55.1 Å². The summed E-state index contributed by atoms with van der Waals surface area (Å²) in [4.78, 5) is 21.0. The molecule has 0 aliphatic carbocycles. The molecule has 0 aliphatic rings. The van der Waals surface area contributed by atoms with E-state index in [0.717, 1.165) is 0 Å². The zero-order valence-corrected chi connectivity index (χ0v) is 19.6. The van der Waals surface area contributed by atoms with E-state index in [1.54, 1.807) is 63.9 Å². The minimum atomic E-state index is -0.245. The van der Waals surface area contributed by atoms with Crippen LogP contribution in [0.25, 0.3) is 10.9 Å². The zero-order valence-electron chi connectivity index (χ0n) is 19.6. The highest BCUT2D eigenvalue weighted by molar-refractivity contribution is 5.90. The lowest BCUT2D eigenvalue weighted by molar-refractivity contribution is -0.116. The number of nitrogens with zero attached hydrogens (tertiary/aromatic N) is 4. The van der Waals surface area contributed by atoms with Gasteiger partial charge in [0.1, 0.15) is 25.2 Å². The topological polar surface area (TPSA) is 119 Å². The lowest BCUT2D eigenvalue weighted by Gasteiger charge is -2.12. The minimum absolute atomic E-state index is 0.000220. The molecule has 4 rings (SSSR count). The first-order valence-corrected chi connectivity index (χ1v) is 10.7. The number of methoxy groups -OCH3 is 3. The summed E-state index contributed by atoms with van der Waals surface area (Å²) in [6.07, 6.45) is 4.51. The van der Waals surface area contributed by atoms with Gasteiger partial charge in [-0.15, -0.1) is 0 Å². The van der Waals surface area contributed by atoms with Crippen molar-refractivity contribution in [3.8, 4) is 28.9 Å². The Hall–Kier alpha value is -4.38. The van der Waals surface area contributed by atoms with Crippen LogP contribution in [0.5, 0.6) is 28.9 Å². The molecule has 1 N–H and O–H groups in total. The number of hydrogen-bond acceptors (Lipinski definition) is 9. The van der Waals surface area contributed by atoms with Crippen LogP contribution in [0.4, 0.5) is 5.69 Å². The van der Waals surface area contributed by atoms with Gasteiger partial charge in [0.2, 0.25) is 11.8 Å². The lowest BCUT2D eigenvalue weighted by atomic mass is 10.2. The van der Waals surface area contributed by atoms with Gasteiger partial charge in [0.15, 0.2) is 17.2 Å². The number of carbonyl (C=O) groups excluding carboxylic acids is 1. The number of hydrogen-bond donors (Lipinski definition) is 1. The Labute approximate surface area is 201 Å². The van der Waals surface area contributed by atoms with E-state index in [9.17, 15) is 4.79 Å². The Bertz CT molecular complexity index is 1310. The number of amides is 1. The molecule has 11 heteroatoms. The maximum atomic E-state index is 12.4. The smallest absolute Gasteiger partial charge is 0.246 e. The van der Waals surface area contributed by atoms with Crippen molar-refractivity contribution in [1.29, 1.82) is 0 Å². The Kier molecular flexibility index (Phi) is 7.58. The van der Waals surface area contributed by atoms with E-state index in [-0.39, 0.29) is 12.5 Å². The third-order valence-electron chi connectivity index (χ3n) is 4.91. The second kappa shape index (κ2) is 11.2. The number of ether oxygens (including phenoxy) is 5. The van der Waals surface area contributed by atoms with Crippen LogP contribution in [-0.2, 0) is 16.1 Å². The third kappa shape index (κ3) is 5.95. The fourth-order valence-corrected chi connectivity index (χ4v) is 3.27. The van der Waals surface area contributed by atoms with Gasteiger partial charge in [-0.05, 0) is 18.2 Å². The first-order valence-electron chi connectivity index (χ1n) is 10.7. The van der Waals surface area contributed by atoms with E-state index in [4.69, 9.17) is 23.7 Å². The van der Waals surface area contributed by atoms with Crippen molar-refractivity contribution >= 4 is 22.5 Å². The molecule has 4 aromatic rings. The van der Waals surface area contributed by atoms with Gasteiger partial charge in [0.05, 0.1) is 44.1 Å². The molecule has 182 valence electrons. The number of rotatable bonds is 11. The Balaban J connectivity index is 1.48. The number of benzene rings is 2. The second-order valence-electron chi connectivity index (χ2n) is 7.30. The normalized spacial score (nSPS) is 10.7. The lowest BCUT2D eigenvalue weighted by Crippen LogP contribution is -2.18. The highest BCUT2D eigenvalue weighted by Gasteiger charge is 2.14. The van der Waals surface area contributed by atoms with E-state index in [2.05, 4.69) is 20.4 Å². The van der Waals surface area contributed by atoms with Crippen LogP contribution in [0.1, 0.15) is 0 Å². The molecule has 2 aromatic carbocycles. The van der Waals surface area contributed by atoms with Crippen molar-refractivity contribution < 1.29 is 28.5 Å². The minimum Gasteiger partial charge on any atom is -0.497 e. The SMILES string of the molecule is COCCOc1cc2c(Oc3cnn(CC(=O)Nc4cccc(OC)c4)c3)ncnc2cc1OC. The predicted octanol–water partition coefficient (Wildman–Crippen LogP) is 3.30. The molecule has 35 heavy (non-hydrogen) atoms. The molecule has 0 aliphatic heterocycles. The predicted molar refractivity (Wildman–Crippen MR) is 127 cm³/mol. The van der Waals surface area contributed by atoms with Crippen molar-refractivity contribution in [1.82, 2.24) is 19.7 Å². The summed E-state index contributed by atoms with van der Waals surface area (Å²) in [6, 6.07) is 10.6. The summed E-state index contributed by atoms with van der Waals surface area (Å²) >= 11 is 0. The van der Waals surface area contributed by atoms with Gasteiger partial charge in [-0.25, -0.2) is 9.97 Å². The Morgan fingerprint density at radius 1 is 1.00 bits per heavy atom. The monoisotopic (exact) mass is 479 g/mol. The number of anilines is 1. The maximum absolute atomic E-state index is 12.4. The van der Waals surface area contributed by atoms with Crippen LogP contribution in [-0.4, -0.2) is 60.2 Å². The summed E-state index contributed by atoms with van der Waals surface area (Å²) < 4.78 is 28.8. The fourth-order valence-electron chi connectivity index (χ4n) is 3.27. The fraction of sp³-hybridized carbons (Fsp3) is 0.250. The molecular weight excluding hydrogens is 454 g/mol. The van der Waals surface area contributed by atoms with E-state index < -0.39 is 0 Å².